The van der Waals surface area contributed by atoms with E-state index in [1.54, 1.807) is 25.0 Å². The van der Waals surface area contributed by atoms with Crippen molar-refractivity contribution in [1.29, 1.82) is 0 Å². The average Bonchev–Trinajstić information content (AvgIpc) is 2.76. The second-order valence-electron chi connectivity index (χ2n) is 5.40. The van der Waals surface area contributed by atoms with Crippen molar-refractivity contribution in [2.24, 2.45) is 5.92 Å². The van der Waals surface area contributed by atoms with Gasteiger partial charge < -0.3 is 14.4 Å². The Hall–Kier alpha value is -2.04. The van der Waals surface area contributed by atoms with Crippen molar-refractivity contribution in [2.45, 2.75) is 33.4 Å². The maximum atomic E-state index is 12.6. The minimum Gasteiger partial charge on any atom is -0.497 e. The Labute approximate surface area is 124 Å². The molecule has 1 heterocycles. The Morgan fingerprint density at radius 3 is 2.67 bits per heavy atom. The van der Waals surface area contributed by atoms with E-state index in [-0.39, 0.29) is 17.8 Å². The molecule has 5 nitrogen and oxygen atoms in total. The number of fused-ring (bicyclic) bond motifs is 1. The minimum atomic E-state index is -0.559. The molecule has 2 rings (SSSR count). The molecule has 0 unspecified atom stereocenters. The van der Waals surface area contributed by atoms with E-state index in [4.69, 9.17) is 9.47 Å². The smallest absolute Gasteiger partial charge is 0.329 e. The number of nitrogens with zero attached hydrogens (tertiary/aromatic N) is 1. The van der Waals surface area contributed by atoms with Gasteiger partial charge in [0.05, 0.1) is 13.7 Å². The number of carbonyl (C=O) groups excluding carboxylic acids is 2. The number of amides is 1. The highest BCUT2D eigenvalue weighted by atomic mass is 16.5. The molecule has 1 aliphatic heterocycles. The lowest BCUT2D eigenvalue weighted by atomic mass is 10.0. The zero-order chi connectivity index (χ0) is 15.6. The van der Waals surface area contributed by atoms with Crippen LogP contribution >= 0.6 is 0 Å². The Morgan fingerprint density at radius 1 is 1.38 bits per heavy atom. The summed E-state index contributed by atoms with van der Waals surface area (Å²) in [6.07, 6.45) is 0. The van der Waals surface area contributed by atoms with Gasteiger partial charge in [-0.05, 0) is 30.5 Å². The molecule has 0 saturated heterocycles. The molecule has 0 radical (unpaired) electrons. The van der Waals surface area contributed by atoms with Gasteiger partial charge in [-0.2, -0.15) is 0 Å². The monoisotopic (exact) mass is 291 g/mol. The zero-order valence-corrected chi connectivity index (χ0v) is 12.9. The standard InChI is InChI=1S/C16H21NO4/c1-5-21-16(19)14(10(2)3)17-9-11-6-7-12(20-4)8-13(11)15(17)18/h6-8,10,14H,5,9H2,1-4H3/t14-/m0/s1. The fourth-order valence-corrected chi connectivity index (χ4v) is 2.64. The van der Waals surface area contributed by atoms with E-state index in [0.717, 1.165) is 5.56 Å². The molecule has 1 aliphatic rings. The first-order valence-electron chi connectivity index (χ1n) is 7.14. The zero-order valence-electron chi connectivity index (χ0n) is 12.9. The molecule has 1 aromatic rings. The highest BCUT2D eigenvalue weighted by Crippen LogP contribution is 2.30. The highest BCUT2D eigenvalue weighted by Gasteiger charge is 2.39. The number of rotatable bonds is 5. The number of carbonyl (C=O) groups is 2. The van der Waals surface area contributed by atoms with Gasteiger partial charge in [0.2, 0.25) is 0 Å². The molecule has 1 atom stereocenters. The van der Waals surface area contributed by atoms with E-state index < -0.39 is 6.04 Å². The molecule has 1 amide bonds. The predicted octanol–water partition coefficient (Wildman–Crippen LogP) is 2.24. The summed E-state index contributed by atoms with van der Waals surface area (Å²) in [7, 11) is 1.56. The van der Waals surface area contributed by atoms with Crippen LogP contribution in [-0.4, -0.2) is 36.5 Å². The quantitative estimate of drug-likeness (QED) is 0.781. The van der Waals surface area contributed by atoms with E-state index in [9.17, 15) is 9.59 Å². The molecule has 0 N–H and O–H groups in total. The second-order valence-corrected chi connectivity index (χ2v) is 5.40. The number of esters is 1. The first kappa shape index (κ1) is 15.4. The van der Waals surface area contributed by atoms with Crippen molar-refractivity contribution in [3.05, 3.63) is 29.3 Å². The maximum Gasteiger partial charge on any atom is 0.329 e. The first-order chi connectivity index (χ1) is 9.99. The predicted molar refractivity (Wildman–Crippen MR) is 78.1 cm³/mol. The summed E-state index contributed by atoms with van der Waals surface area (Å²) in [6.45, 7) is 6.34. The van der Waals surface area contributed by atoms with Crippen LogP contribution in [0.4, 0.5) is 0 Å². The van der Waals surface area contributed by atoms with Gasteiger partial charge in [-0.25, -0.2) is 4.79 Å². The molecule has 0 aliphatic carbocycles. The normalized spacial score (nSPS) is 15.1. The summed E-state index contributed by atoms with van der Waals surface area (Å²) in [5.41, 5.74) is 1.51. The summed E-state index contributed by atoms with van der Waals surface area (Å²) in [5, 5.41) is 0. The maximum absolute atomic E-state index is 12.6. The van der Waals surface area contributed by atoms with E-state index in [1.165, 1.54) is 0 Å². The van der Waals surface area contributed by atoms with Gasteiger partial charge in [-0.15, -0.1) is 0 Å². The van der Waals surface area contributed by atoms with Gasteiger partial charge >= 0.3 is 5.97 Å². The summed E-state index contributed by atoms with van der Waals surface area (Å²) in [5.74, 6) is 0.140. The third-order valence-corrected chi connectivity index (χ3v) is 3.64. The number of methoxy groups -OCH3 is 1. The average molecular weight is 291 g/mol. The van der Waals surface area contributed by atoms with E-state index in [2.05, 4.69) is 0 Å². The molecular formula is C16H21NO4. The lowest BCUT2D eigenvalue weighted by molar-refractivity contribution is -0.150. The van der Waals surface area contributed by atoms with Crippen LogP contribution in [0.3, 0.4) is 0 Å². The van der Waals surface area contributed by atoms with Gasteiger partial charge in [0.25, 0.3) is 5.91 Å². The molecule has 0 bridgehead atoms. The lowest BCUT2D eigenvalue weighted by Crippen LogP contribution is -2.45. The largest absolute Gasteiger partial charge is 0.497 e. The third kappa shape index (κ3) is 2.86. The molecule has 1 aromatic carbocycles. The Kier molecular flexibility index (Phi) is 4.50. The summed E-state index contributed by atoms with van der Waals surface area (Å²) in [4.78, 5) is 26.3. The lowest BCUT2D eigenvalue weighted by Gasteiger charge is -2.28. The molecule has 0 aromatic heterocycles. The fraction of sp³-hybridized carbons (Fsp3) is 0.500. The van der Waals surface area contributed by atoms with Gasteiger partial charge in [-0.1, -0.05) is 19.9 Å². The van der Waals surface area contributed by atoms with Crippen LogP contribution in [0.5, 0.6) is 5.75 Å². The molecule has 0 saturated carbocycles. The Morgan fingerprint density at radius 2 is 2.10 bits per heavy atom. The van der Waals surface area contributed by atoms with E-state index in [0.29, 0.717) is 24.5 Å². The van der Waals surface area contributed by atoms with Crippen molar-refractivity contribution >= 4 is 11.9 Å². The van der Waals surface area contributed by atoms with Crippen LogP contribution in [0.25, 0.3) is 0 Å². The number of benzene rings is 1. The Bertz CT molecular complexity index is 553. The number of ether oxygens (including phenoxy) is 2. The second kappa shape index (κ2) is 6.16. The van der Waals surface area contributed by atoms with Gasteiger partial charge in [0, 0.05) is 12.1 Å². The van der Waals surface area contributed by atoms with Crippen LogP contribution in [0, 0.1) is 5.92 Å². The number of hydrogen-bond donors (Lipinski definition) is 0. The molecule has 0 spiro atoms. The van der Waals surface area contributed by atoms with Gasteiger partial charge in [-0.3, -0.25) is 4.79 Å². The fourth-order valence-electron chi connectivity index (χ4n) is 2.64. The molecule has 0 fully saturated rings. The first-order valence-corrected chi connectivity index (χ1v) is 7.14. The van der Waals surface area contributed by atoms with Gasteiger partial charge in [0.1, 0.15) is 11.8 Å². The molecular weight excluding hydrogens is 270 g/mol. The molecule has 114 valence electrons. The van der Waals surface area contributed by atoms with Crippen LogP contribution < -0.4 is 4.74 Å². The van der Waals surface area contributed by atoms with Crippen molar-refractivity contribution in [2.75, 3.05) is 13.7 Å². The topological polar surface area (TPSA) is 55.8 Å². The molecule has 21 heavy (non-hydrogen) atoms. The van der Waals surface area contributed by atoms with Crippen molar-refractivity contribution in [1.82, 2.24) is 4.90 Å². The minimum absolute atomic E-state index is 0.00999. The number of hydrogen-bond acceptors (Lipinski definition) is 4. The van der Waals surface area contributed by atoms with Crippen LogP contribution in [0.1, 0.15) is 36.7 Å². The van der Waals surface area contributed by atoms with Gasteiger partial charge in [0.15, 0.2) is 0 Å². The van der Waals surface area contributed by atoms with E-state index in [1.807, 2.05) is 26.0 Å². The summed E-state index contributed by atoms with van der Waals surface area (Å²) < 4.78 is 10.3. The Balaban J connectivity index is 2.30. The van der Waals surface area contributed by atoms with Crippen LogP contribution in [-0.2, 0) is 16.1 Å². The van der Waals surface area contributed by atoms with Crippen molar-refractivity contribution < 1.29 is 19.1 Å². The van der Waals surface area contributed by atoms with Crippen LogP contribution in [0.15, 0.2) is 18.2 Å². The third-order valence-electron chi connectivity index (χ3n) is 3.64. The SMILES string of the molecule is CCOC(=O)[C@H](C(C)C)N1Cc2ccc(OC)cc2C1=O. The summed E-state index contributed by atoms with van der Waals surface area (Å²) in [6, 6.07) is 4.86. The summed E-state index contributed by atoms with van der Waals surface area (Å²) >= 11 is 0. The molecule has 5 heteroatoms. The van der Waals surface area contributed by atoms with Crippen LogP contribution in [0.2, 0.25) is 0 Å². The highest BCUT2D eigenvalue weighted by molar-refractivity contribution is 6.01. The van der Waals surface area contributed by atoms with Crippen molar-refractivity contribution in [3.63, 3.8) is 0 Å². The van der Waals surface area contributed by atoms with E-state index >= 15 is 0 Å². The van der Waals surface area contributed by atoms with Crippen molar-refractivity contribution in [3.8, 4) is 5.75 Å².